The van der Waals surface area contributed by atoms with Gasteiger partial charge in [-0.15, -0.1) is 5.10 Å². The summed E-state index contributed by atoms with van der Waals surface area (Å²) in [5.74, 6) is -0.156. The zero-order valence-electron chi connectivity index (χ0n) is 14.2. The number of halogens is 1. The number of fused-ring (bicyclic) bond motifs is 1. The molecule has 3 rings (SSSR count). The average molecular weight is 343 g/mol. The molecular formula is C17H18FN5O2. The number of amides is 1. The van der Waals surface area contributed by atoms with Gasteiger partial charge in [0.2, 0.25) is 5.91 Å². The lowest BCUT2D eigenvalue weighted by Gasteiger charge is -2.04. The lowest BCUT2D eigenvalue weighted by molar-refractivity contribution is -0.122. The molecule has 2 heterocycles. The minimum absolute atomic E-state index is 0.195. The van der Waals surface area contributed by atoms with Gasteiger partial charge in [-0.2, -0.15) is 0 Å². The van der Waals surface area contributed by atoms with Crippen LogP contribution in [0, 0.1) is 26.6 Å². The Morgan fingerprint density at radius 3 is 2.56 bits per heavy atom. The fraction of sp³-hybridized carbons (Fsp3) is 0.294. The Balaban J connectivity index is 1.78. The molecule has 0 aliphatic heterocycles. The molecule has 0 fully saturated rings. The highest BCUT2D eigenvalue weighted by Gasteiger charge is 2.15. The molecule has 1 amide bonds. The molecule has 0 aliphatic carbocycles. The number of benzene rings is 1. The van der Waals surface area contributed by atoms with Crippen molar-refractivity contribution >= 4 is 11.6 Å². The number of aromatic nitrogens is 4. The molecule has 3 aromatic rings. The van der Waals surface area contributed by atoms with E-state index in [9.17, 15) is 14.0 Å². The summed E-state index contributed by atoms with van der Waals surface area (Å²) in [6.45, 7) is 5.46. The van der Waals surface area contributed by atoms with Crippen LogP contribution in [0.4, 0.5) is 4.39 Å². The van der Waals surface area contributed by atoms with Gasteiger partial charge in [0.05, 0.1) is 0 Å². The second-order valence-electron chi connectivity index (χ2n) is 5.87. The van der Waals surface area contributed by atoms with Crippen LogP contribution in [0.2, 0.25) is 0 Å². The average Bonchev–Trinajstić information content (AvgIpc) is 2.89. The predicted octanol–water partition coefficient (Wildman–Crippen LogP) is 1.27. The molecule has 2 aromatic heterocycles. The van der Waals surface area contributed by atoms with Gasteiger partial charge in [-0.25, -0.2) is 23.3 Å². The summed E-state index contributed by atoms with van der Waals surface area (Å²) >= 11 is 0. The van der Waals surface area contributed by atoms with Crippen molar-refractivity contribution < 1.29 is 9.18 Å². The lowest BCUT2D eigenvalue weighted by atomic mass is 10.2. The van der Waals surface area contributed by atoms with Gasteiger partial charge in [0, 0.05) is 17.8 Å². The number of carbonyl (C=O) groups excluding carboxylic acids is 1. The molecule has 130 valence electrons. The number of rotatable bonds is 4. The molecule has 1 aromatic carbocycles. The molecule has 25 heavy (non-hydrogen) atoms. The number of hydrogen-bond donors (Lipinski definition) is 1. The molecule has 1 N–H and O–H groups in total. The van der Waals surface area contributed by atoms with E-state index in [1.165, 1.54) is 16.5 Å². The molecule has 0 saturated heterocycles. The summed E-state index contributed by atoms with van der Waals surface area (Å²) in [7, 11) is 0. The van der Waals surface area contributed by atoms with Gasteiger partial charge in [0.1, 0.15) is 18.2 Å². The topological polar surface area (TPSA) is 81.3 Å². The Hall–Kier alpha value is -3.03. The van der Waals surface area contributed by atoms with Gasteiger partial charge in [-0.3, -0.25) is 4.79 Å². The minimum Gasteiger partial charge on any atom is -0.350 e. The third-order valence-corrected chi connectivity index (χ3v) is 4.07. The van der Waals surface area contributed by atoms with E-state index in [0.29, 0.717) is 11.5 Å². The SMILES string of the molecule is Cc1nc(C)n2c(=O)n(CC(=O)NCc3ccc(F)cc3)nc2c1C. The number of aryl methyl sites for hydroxylation is 3. The summed E-state index contributed by atoms with van der Waals surface area (Å²) in [5, 5.41) is 6.95. The Morgan fingerprint density at radius 1 is 1.20 bits per heavy atom. The maximum Gasteiger partial charge on any atom is 0.352 e. The molecule has 0 bridgehead atoms. The molecule has 0 saturated carbocycles. The van der Waals surface area contributed by atoms with Crippen LogP contribution < -0.4 is 11.0 Å². The fourth-order valence-corrected chi connectivity index (χ4v) is 2.58. The van der Waals surface area contributed by atoms with Gasteiger partial charge in [0.15, 0.2) is 5.65 Å². The molecule has 8 heteroatoms. The van der Waals surface area contributed by atoms with Crippen LogP contribution in [0.5, 0.6) is 0 Å². The second kappa shape index (κ2) is 6.46. The van der Waals surface area contributed by atoms with Crippen LogP contribution in [-0.2, 0) is 17.9 Å². The molecule has 0 atom stereocenters. The van der Waals surface area contributed by atoms with Crippen molar-refractivity contribution in [1.82, 2.24) is 24.5 Å². The molecule has 0 spiro atoms. The minimum atomic E-state index is -0.403. The predicted molar refractivity (Wildman–Crippen MR) is 89.7 cm³/mol. The lowest BCUT2D eigenvalue weighted by Crippen LogP contribution is -2.32. The van der Waals surface area contributed by atoms with Crippen LogP contribution in [0.1, 0.15) is 22.6 Å². The summed E-state index contributed by atoms with van der Waals surface area (Å²) < 4.78 is 15.4. The van der Waals surface area contributed by atoms with E-state index < -0.39 is 5.69 Å². The highest BCUT2D eigenvalue weighted by atomic mass is 19.1. The first-order valence-electron chi connectivity index (χ1n) is 7.81. The Morgan fingerprint density at radius 2 is 1.88 bits per heavy atom. The third kappa shape index (κ3) is 3.28. The van der Waals surface area contributed by atoms with Gasteiger partial charge in [-0.05, 0) is 38.5 Å². The van der Waals surface area contributed by atoms with Gasteiger partial charge in [-0.1, -0.05) is 12.1 Å². The van der Waals surface area contributed by atoms with Crippen molar-refractivity contribution in [2.45, 2.75) is 33.9 Å². The molecule has 0 unspecified atom stereocenters. The van der Waals surface area contributed by atoms with Crippen LogP contribution in [-0.4, -0.2) is 25.1 Å². The van der Waals surface area contributed by atoms with Crippen LogP contribution in [0.15, 0.2) is 29.1 Å². The van der Waals surface area contributed by atoms with Crippen LogP contribution in [0.3, 0.4) is 0 Å². The van der Waals surface area contributed by atoms with Crippen LogP contribution >= 0.6 is 0 Å². The normalized spacial score (nSPS) is 11.0. The summed E-state index contributed by atoms with van der Waals surface area (Å²) in [4.78, 5) is 28.9. The van der Waals surface area contributed by atoms with Crippen molar-refractivity contribution in [3.63, 3.8) is 0 Å². The number of nitrogens with zero attached hydrogens (tertiary/aromatic N) is 4. The molecule has 7 nitrogen and oxygen atoms in total. The summed E-state index contributed by atoms with van der Waals surface area (Å²) in [6.07, 6.45) is 0. The van der Waals surface area contributed by atoms with Gasteiger partial charge < -0.3 is 5.32 Å². The van der Waals surface area contributed by atoms with Crippen LogP contribution in [0.25, 0.3) is 5.65 Å². The first-order chi connectivity index (χ1) is 11.9. The standard InChI is InChI=1S/C17H18FN5O2/c1-10-11(2)20-12(3)23-16(10)21-22(17(23)25)9-15(24)19-8-13-4-6-14(18)7-5-13/h4-7H,8-9H2,1-3H3,(H,19,24). The van der Waals surface area contributed by atoms with E-state index in [1.54, 1.807) is 19.1 Å². The number of carbonyl (C=O) groups is 1. The molecular weight excluding hydrogens is 325 g/mol. The van der Waals surface area contributed by atoms with Crippen molar-refractivity contribution in [2.24, 2.45) is 0 Å². The Labute approximate surface area is 143 Å². The Kier molecular flexibility index (Phi) is 4.35. The first kappa shape index (κ1) is 16.8. The highest BCUT2D eigenvalue weighted by molar-refractivity contribution is 5.75. The van der Waals surface area contributed by atoms with Gasteiger partial charge >= 0.3 is 5.69 Å². The molecule has 0 radical (unpaired) electrons. The summed E-state index contributed by atoms with van der Waals surface area (Å²) in [6, 6.07) is 5.84. The summed E-state index contributed by atoms with van der Waals surface area (Å²) in [5.41, 5.74) is 2.46. The highest BCUT2D eigenvalue weighted by Crippen LogP contribution is 2.10. The first-order valence-corrected chi connectivity index (χ1v) is 7.81. The van der Waals surface area contributed by atoms with E-state index in [-0.39, 0.29) is 24.8 Å². The number of hydrogen-bond acceptors (Lipinski definition) is 4. The third-order valence-electron chi connectivity index (χ3n) is 4.07. The van der Waals surface area contributed by atoms with E-state index in [1.807, 2.05) is 13.8 Å². The second-order valence-corrected chi connectivity index (χ2v) is 5.87. The fourth-order valence-electron chi connectivity index (χ4n) is 2.58. The van der Waals surface area contributed by atoms with E-state index in [2.05, 4.69) is 15.4 Å². The zero-order chi connectivity index (χ0) is 18.1. The quantitative estimate of drug-likeness (QED) is 0.774. The maximum atomic E-state index is 12.9. The van der Waals surface area contributed by atoms with E-state index in [0.717, 1.165) is 21.5 Å². The smallest absolute Gasteiger partial charge is 0.350 e. The van der Waals surface area contributed by atoms with Crippen molar-refractivity contribution in [3.05, 3.63) is 63.2 Å². The number of nitrogens with one attached hydrogen (secondary N) is 1. The van der Waals surface area contributed by atoms with Crippen molar-refractivity contribution in [1.29, 1.82) is 0 Å². The van der Waals surface area contributed by atoms with Crippen molar-refractivity contribution in [3.8, 4) is 0 Å². The van der Waals surface area contributed by atoms with Crippen molar-refractivity contribution in [2.75, 3.05) is 0 Å². The van der Waals surface area contributed by atoms with Gasteiger partial charge in [0.25, 0.3) is 0 Å². The maximum absolute atomic E-state index is 12.9. The van der Waals surface area contributed by atoms with E-state index >= 15 is 0 Å². The Bertz CT molecular complexity index is 1000. The monoisotopic (exact) mass is 343 g/mol. The zero-order valence-corrected chi connectivity index (χ0v) is 14.2. The van der Waals surface area contributed by atoms with E-state index in [4.69, 9.17) is 0 Å². The largest absolute Gasteiger partial charge is 0.352 e. The molecule has 0 aliphatic rings.